The number of nitrogens with one attached hydrogen (secondary N) is 2. The molecule has 1 aromatic carbocycles. The van der Waals surface area contributed by atoms with Gasteiger partial charge in [-0.05, 0) is 43.5 Å². The summed E-state index contributed by atoms with van der Waals surface area (Å²) in [5, 5.41) is 17.0. The lowest BCUT2D eigenvalue weighted by Gasteiger charge is -2.27. The van der Waals surface area contributed by atoms with E-state index in [0.717, 1.165) is 62.0 Å². The van der Waals surface area contributed by atoms with E-state index in [-0.39, 0.29) is 12.6 Å². The van der Waals surface area contributed by atoms with Crippen LogP contribution < -0.4 is 20.3 Å². The average Bonchev–Trinajstić information content (AvgIpc) is 3.64. The van der Waals surface area contributed by atoms with E-state index in [1.165, 1.54) is 0 Å². The molecule has 38 heavy (non-hydrogen) atoms. The van der Waals surface area contributed by atoms with Gasteiger partial charge in [0.1, 0.15) is 12.3 Å². The van der Waals surface area contributed by atoms with E-state index in [1.54, 1.807) is 6.20 Å². The van der Waals surface area contributed by atoms with Gasteiger partial charge in [-0.25, -0.2) is 0 Å². The minimum Gasteiger partial charge on any atom is -0.457 e. The summed E-state index contributed by atoms with van der Waals surface area (Å²) in [6.45, 7) is 4.50. The van der Waals surface area contributed by atoms with Crippen LogP contribution in [0.25, 0.3) is 10.9 Å². The van der Waals surface area contributed by atoms with Crippen molar-refractivity contribution in [3.8, 4) is 6.01 Å². The molecule has 1 aliphatic carbocycles. The molecular formula is C25H29ClN10O2. The standard InChI is InChI=1S/C25H29ClN10O2/c26-17-2-5-20-21(6-8-28-22(20)14-17)27-7-1-9-36-15-19(33-34-36)16-38-25-31-23(29-18-3-4-18)30-24(32-25)35-10-12-37-13-11-35/h2,5-6,8,14-15,18H,1,3-4,7,9-13,16H2,(H,27,28)(H,29,30,31,32). The number of halogens is 1. The molecule has 2 fully saturated rings. The molecule has 0 bridgehead atoms. The Morgan fingerprint density at radius 3 is 2.87 bits per heavy atom. The van der Waals surface area contributed by atoms with Gasteiger partial charge in [0.2, 0.25) is 11.9 Å². The summed E-state index contributed by atoms with van der Waals surface area (Å²) in [4.78, 5) is 20.1. The van der Waals surface area contributed by atoms with E-state index in [4.69, 9.17) is 21.1 Å². The summed E-state index contributed by atoms with van der Waals surface area (Å²) in [6.07, 6.45) is 6.79. The molecule has 6 rings (SSSR count). The van der Waals surface area contributed by atoms with E-state index >= 15 is 0 Å². The Hall–Kier alpha value is -3.77. The maximum atomic E-state index is 6.09. The number of benzene rings is 1. The number of nitrogens with zero attached hydrogens (tertiary/aromatic N) is 8. The van der Waals surface area contributed by atoms with Crippen molar-refractivity contribution >= 4 is 40.1 Å². The largest absolute Gasteiger partial charge is 0.457 e. The van der Waals surface area contributed by atoms with Crippen LogP contribution in [-0.2, 0) is 17.9 Å². The third-order valence-corrected chi connectivity index (χ3v) is 6.56. The van der Waals surface area contributed by atoms with Gasteiger partial charge in [-0.1, -0.05) is 16.8 Å². The first-order valence-electron chi connectivity index (χ1n) is 12.8. The molecule has 3 aromatic heterocycles. The average molecular weight is 537 g/mol. The molecule has 0 unspecified atom stereocenters. The summed E-state index contributed by atoms with van der Waals surface area (Å²) in [7, 11) is 0. The molecule has 2 N–H and O–H groups in total. The van der Waals surface area contributed by atoms with Crippen LogP contribution in [0.1, 0.15) is 25.0 Å². The van der Waals surface area contributed by atoms with Crippen molar-refractivity contribution in [1.29, 1.82) is 0 Å². The Labute approximate surface area is 224 Å². The SMILES string of the molecule is Clc1ccc2c(NCCCn3cc(COc4nc(NC5CC5)nc(N5CCOCC5)n4)nn3)ccnc2c1. The number of aryl methyl sites for hydroxylation is 1. The molecule has 13 heteroatoms. The summed E-state index contributed by atoms with van der Waals surface area (Å²) in [5.41, 5.74) is 2.61. The fraction of sp³-hybridized carbons (Fsp3) is 0.440. The first-order chi connectivity index (χ1) is 18.7. The molecule has 1 saturated carbocycles. The van der Waals surface area contributed by atoms with Crippen molar-refractivity contribution in [1.82, 2.24) is 34.9 Å². The van der Waals surface area contributed by atoms with Gasteiger partial charge >= 0.3 is 6.01 Å². The van der Waals surface area contributed by atoms with Gasteiger partial charge in [0.05, 0.1) is 24.9 Å². The lowest BCUT2D eigenvalue weighted by Crippen LogP contribution is -2.37. The fourth-order valence-electron chi connectivity index (χ4n) is 4.18. The Bertz CT molecular complexity index is 1390. The molecular weight excluding hydrogens is 508 g/mol. The van der Waals surface area contributed by atoms with Crippen LogP contribution in [0.4, 0.5) is 17.6 Å². The van der Waals surface area contributed by atoms with Crippen LogP contribution in [0.2, 0.25) is 5.02 Å². The van der Waals surface area contributed by atoms with Gasteiger partial charge in [0.25, 0.3) is 0 Å². The number of pyridine rings is 1. The zero-order valence-corrected chi connectivity index (χ0v) is 21.6. The fourth-order valence-corrected chi connectivity index (χ4v) is 4.35. The van der Waals surface area contributed by atoms with Gasteiger partial charge in [0.15, 0.2) is 0 Å². The van der Waals surface area contributed by atoms with Gasteiger partial charge in [-0.2, -0.15) is 15.0 Å². The predicted molar refractivity (Wildman–Crippen MR) is 144 cm³/mol. The molecule has 0 amide bonds. The monoisotopic (exact) mass is 536 g/mol. The number of aromatic nitrogens is 7. The second kappa shape index (κ2) is 11.3. The van der Waals surface area contributed by atoms with Crippen molar-refractivity contribution in [2.24, 2.45) is 0 Å². The third-order valence-electron chi connectivity index (χ3n) is 6.33. The highest BCUT2D eigenvalue weighted by atomic mass is 35.5. The molecule has 0 radical (unpaired) electrons. The Morgan fingerprint density at radius 2 is 2.00 bits per heavy atom. The van der Waals surface area contributed by atoms with Crippen molar-refractivity contribution in [2.75, 3.05) is 48.4 Å². The van der Waals surface area contributed by atoms with E-state index in [0.29, 0.717) is 41.9 Å². The van der Waals surface area contributed by atoms with Crippen LogP contribution in [0.3, 0.4) is 0 Å². The summed E-state index contributed by atoms with van der Waals surface area (Å²) >= 11 is 6.09. The molecule has 1 aliphatic heterocycles. The number of rotatable bonds is 11. The normalized spacial score (nSPS) is 15.6. The molecule has 0 atom stereocenters. The molecule has 0 spiro atoms. The molecule has 4 heterocycles. The quantitative estimate of drug-likeness (QED) is 0.274. The van der Waals surface area contributed by atoms with Crippen LogP contribution >= 0.6 is 11.6 Å². The van der Waals surface area contributed by atoms with Crippen LogP contribution in [0.5, 0.6) is 6.01 Å². The zero-order chi connectivity index (χ0) is 25.7. The van der Waals surface area contributed by atoms with E-state index in [1.807, 2.05) is 35.1 Å². The van der Waals surface area contributed by atoms with Crippen molar-refractivity contribution in [3.05, 3.63) is 47.4 Å². The van der Waals surface area contributed by atoms with Crippen LogP contribution in [0.15, 0.2) is 36.7 Å². The molecule has 1 saturated heterocycles. The van der Waals surface area contributed by atoms with Crippen molar-refractivity contribution < 1.29 is 9.47 Å². The summed E-state index contributed by atoms with van der Waals surface area (Å²) < 4.78 is 13.2. The summed E-state index contributed by atoms with van der Waals surface area (Å²) in [6, 6.07) is 8.39. The lowest BCUT2D eigenvalue weighted by atomic mass is 10.2. The van der Waals surface area contributed by atoms with Crippen LogP contribution in [0, 0.1) is 0 Å². The predicted octanol–water partition coefficient (Wildman–Crippen LogP) is 3.16. The van der Waals surface area contributed by atoms with Gasteiger partial charge in [-0.3, -0.25) is 9.67 Å². The van der Waals surface area contributed by atoms with Crippen molar-refractivity contribution in [3.63, 3.8) is 0 Å². The number of hydrogen-bond donors (Lipinski definition) is 2. The van der Waals surface area contributed by atoms with Crippen molar-refractivity contribution in [2.45, 2.75) is 38.5 Å². The number of fused-ring (bicyclic) bond motifs is 1. The zero-order valence-electron chi connectivity index (χ0n) is 20.9. The highest BCUT2D eigenvalue weighted by Crippen LogP contribution is 2.26. The Balaban J connectivity index is 1.02. The number of anilines is 3. The summed E-state index contributed by atoms with van der Waals surface area (Å²) in [5.74, 6) is 1.14. The smallest absolute Gasteiger partial charge is 0.323 e. The van der Waals surface area contributed by atoms with Gasteiger partial charge in [0, 0.05) is 54.5 Å². The first kappa shape index (κ1) is 24.6. The number of hydrogen-bond acceptors (Lipinski definition) is 11. The first-order valence-corrected chi connectivity index (χ1v) is 13.2. The number of ether oxygens (including phenoxy) is 2. The second-order valence-corrected chi connectivity index (χ2v) is 9.76. The molecule has 198 valence electrons. The third kappa shape index (κ3) is 6.20. The minimum atomic E-state index is 0.221. The highest BCUT2D eigenvalue weighted by molar-refractivity contribution is 6.31. The maximum absolute atomic E-state index is 6.09. The topological polar surface area (TPSA) is 128 Å². The Morgan fingerprint density at radius 1 is 1.11 bits per heavy atom. The van der Waals surface area contributed by atoms with Crippen LogP contribution in [-0.4, -0.2) is 73.8 Å². The number of morpholine rings is 1. The molecule has 12 nitrogen and oxygen atoms in total. The lowest BCUT2D eigenvalue weighted by molar-refractivity contribution is 0.122. The molecule has 4 aromatic rings. The maximum Gasteiger partial charge on any atom is 0.323 e. The second-order valence-electron chi connectivity index (χ2n) is 9.32. The minimum absolute atomic E-state index is 0.221. The van der Waals surface area contributed by atoms with Gasteiger partial charge in [-0.15, -0.1) is 5.10 Å². The molecule has 2 aliphatic rings. The van der Waals surface area contributed by atoms with E-state index in [9.17, 15) is 0 Å². The van der Waals surface area contributed by atoms with E-state index < -0.39 is 0 Å². The van der Waals surface area contributed by atoms with Gasteiger partial charge < -0.3 is 25.0 Å². The highest BCUT2D eigenvalue weighted by Gasteiger charge is 2.24. The van der Waals surface area contributed by atoms with E-state index in [2.05, 4.69) is 45.8 Å². The Kier molecular flexibility index (Phi) is 7.31.